The highest BCUT2D eigenvalue weighted by Gasteiger charge is 2.20. The maximum absolute atomic E-state index is 12.0. The number of aromatic amines is 1. The van der Waals surface area contributed by atoms with Crippen LogP contribution in [0.2, 0.25) is 0 Å². The van der Waals surface area contributed by atoms with Crippen molar-refractivity contribution in [1.29, 1.82) is 0 Å². The standard InChI is InChI=1S/C48H35N3O6S/c1-2-56-44(55)27-57-35-14-12-28(13-15-35)47-40-20-18-38(50-40)45(29-6-3-9-32(52)24-29)36-16-17-37(49-36)46(30-7-4-10-33(53)25-30)39-19-21-41(51-39)48(43-23-22-42(47)58-43)31-8-5-11-34(54)26-31/h3-26,49,52-54H,2,27H2,1H3. The molecule has 4 N–H and O–H groups in total. The fraction of sp³-hybridized carbons (Fsp3) is 0.0625. The van der Waals surface area contributed by atoms with Gasteiger partial charge < -0.3 is 29.8 Å². The van der Waals surface area contributed by atoms with E-state index in [0.717, 1.165) is 70.6 Å². The molecule has 0 spiro atoms. The number of nitrogens with one attached hydrogen (secondary N) is 1. The molecule has 284 valence electrons. The molecule has 0 fully saturated rings. The number of aromatic hydroxyl groups is 3. The first-order valence-corrected chi connectivity index (χ1v) is 19.5. The molecule has 0 unspecified atom stereocenters. The maximum Gasteiger partial charge on any atom is 0.344 e. The number of aromatic nitrogens is 3. The Morgan fingerprint density at radius 2 is 1.02 bits per heavy atom. The maximum atomic E-state index is 12.0. The van der Waals surface area contributed by atoms with E-state index in [2.05, 4.69) is 17.1 Å². The zero-order chi connectivity index (χ0) is 39.8. The molecule has 0 radical (unpaired) electrons. The average molecular weight is 782 g/mol. The molecule has 0 saturated heterocycles. The number of phenolic OH excluding ortho intramolecular Hbond substituents is 3. The molecule has 2 aliphatic heterocycles. The number of esters is 1. The minimum absolute atomic E-state index is 0.124. The highest BCUT2D eigenvalue weighted by Crippen LogP contribution is 2.42. The van der Waals surface area contributed by atoms with Crippen LogP contribution in [0.3, 0.4) is 0 Å². The molecule has 0 amide bonds. The van der Waals surface area contributed by atoms with Gasteiger partial charge in [0.1, 0.15) is 23.0 Å². The minimum atomic E-state index is -0.440. The normalized spacial score (nSPS) is 11.8. The molecule has 0 aliphatic carbocycles. The van der Waals surface area contributed by atoms with E-state index < -0.39 is 5.97 Å². The summed E-state index contributed by atoms with van der Waals surface area (Å²) in [5.41, 5.74) is 10.8. The summed E-state index contributed by atoms with van der Waals surface area (Å²) < 4.78 is 12.6. The molecule has 7 aromatic rings. The zero-order valence-electron chi connectivity index (χ0n) is 31.1. The summed E-state index contributed by atoms with van der Waals surface area (Å²) in [6.45, 7) is 1.83. The third-order valence-electron chi connectivity index (χ3n) is 9.84. The molecule has 0 saturated carbocycles. The Hall–Kier alpha value is -7.43. The lowest BCUT2D eigenvalue weighted by atomic mass is 10.0. The largest absolute Gasteiger partial charge is 0.508 e. The predicted molar refractivity (Wildman–Crippen MR) is 231 cm³/mol. The second kappa shape index (κ2) is 15.2. The number of phenols is 3. The molecule has 8 bridgehead atoms. The third-order valence-corrected chi connectivity index (χ3v) is 11.0. The van der Waals surface area contributed by atoms with Gasteiger partial charge in [0.05, 0.1) is 29.4 Å². The Bertz CT molecular complexity index is 2940. The lowest BCUT2D eigenvalue weighted by molar-refractivity contribution is -0.145. The van der Waals surface area contributed by atoms with Gasteiger partial charge in [-0.15, -0.1) is 11.3 Å². The lowest BCUT2D eigenvalue weighted by Crippen LogP contribution is -2.14. The van der Waals surface area contributed by atoms with Gasteiger partial charge in [0.15, 0.2) is 6.61 Å². The van der Waals surface area contributed by atoms with Gasteiger partial charge in [-0.05, 0) is 126 Å². The summed E-state index contributed by atoms with van der Waals surface area (Å²) in [6.07, 6.45) is 7.92. The monoisotopic (exact) mass is 781 g/mol. The quantitative estimate of drug-likeness (QED) is 0.112. The molecule has 3 aromatic heterocycles. The Labute approximate surface area is 337 Å². The van der Waals surface area contributed by atoms with E-state index in [1.165, 1.54) is 0 Å². The van der Waals surface area contributed by atoms with Gasteiger partial charge >= 0.3 is 5.97 Å². The molecule has 58 heavy (non-hydrogen) atoms. The van der Waals surface area contributed by atoms with Crippen LogP contribution in [0.5, 0.6) is 23.0 Å². The molecule has 5 heterocycles. The van der Waals surface area contributed by atoms with Crippen LogP contribution in [0, 0.1) is 0 Å². The molecule has 9 rings (SSSR count). The number of hydrogen-bond acceptors (Lipinski definition) is 9. The summed E-state index contributed by atoms with van der Waals surface area (Å²) in [5, 5.41) is 31.9. The molecular formula is C48H35N3O6S. The fourth-order valence-corrected chi connectivity index (χ4v) is 8.50. The Kier molecular flexibility index (Phi) is 9.52. The molecule has 0 atom stereocenters. The number of carbonyl (C=O) groups excluding carboxylic acids is 1. The Morgan fingerprint density at radius 1 is 0.569 bits per heavy atom. The van der Waals surface area contributed by atoms with Crippen LogP contribution in [0.15, 0.2) is 121 Å². The SMILES string of the molecule is CCOC(=O)COc1ccc(-c2c3nc(c(-c4cccc(O)c4)c4ccc([nH]4)c(-c4cccc(O)c4)c4nc(c(-c5cccc(O)c5)c5ccc2s5)C=C4)C=C3)cc1. The Morgan fingerprint density at radius 3 is 1.48 bits per heavy atom. The number of benzene rings is 4. The number of fused-ring (bicyclic) bond motifs is 8. The third kappa shape index (κ3) is 7.08. The molecule has 4 aromatic carbocycles. The van der Waals surface area contributed by atoms with Crippen molar-refractivity contribution in [3.63, 3.8) is 0 Å². The average Bonchev–Trinajstić information content (AvgIpc) is 4.06. The van der Waals surface area contributed by atoms with Crippen molar-refractivity contribution in [2.45, 2.75) is 6.92 Å². The van der Waals surface area contributed by atoms with Crippen LogP contribution in [0.25, 0.3) is 89.2 Å². The Balaban J connectivity index is 1.38. The highest BCUT2D eigenvalue weighted by atomic mass is 32.1. The first kappa shape index (κ1) is 36.2. The van der Waals surface area contributed by atoms with Gasteiger partial charge in [-0.25, -0.2) is 14.8 Å². The summed E-state index contributed by atoms with van der Waals surface area (Å²) >= 11 is 1.58. The number of rotatable bonds is 8. The van der Waals surface area contributed by atoms with E-state index >= 15 is 0 Å². The van der Waals surface area contributed by atoms with Gasteiger partial charge in [-0.2, -0.15) is 0 Å². The molecule has 9 nitrogen and oxygen atoms in total. The fourth-order valence-electron chi connectivity index (χ4n) is 7.34. The molecule has 2 aliphatic rings. The number of H-pyrrole nitrogens is 1. The van der Waals surface area contributed by atoms with Gasteiger partial charge in [0.2, 0.25) is 0 Å². The summed E-state index contributed by atoms with van der Waals surface area (Å²) in [6, 6.07) is 37.0. The van der Waals surface area contributed by atoms with E-state index in [-0.39, 0.29) is 30.5 Å². The van der Waals surface area contributed by atoms with Crippen molar-refractivity contribution >= 4 is 62.0 Å². The van der Waals surface area contributed by atoms with E-state index in [0.29, 0.717) is 22.8 Å². The van der Waals surface area contributed by atoms with Crippen molar-refractivity contribution < 1.29 is 29.6 Å². The molecular weight excluding hydrogens is 747 g/mol. The van der Waals surface area contributed by atoms with Crippen molar-refractivity contribution in [3.8, 4) is 67.5 Å². The second-order valence-electron chi connectivity index (χ2n) is 13.6. The van der Waals surface area contributed by atoms with Crippen LogP contribution >= 0.6 is 11.3 Å². The zero-order valence-corrected chi connectivity index (χ0v) is 32.0. The van der Waals surface area contributed by atoms with Crippen molar-refractivity contribution in [3.05, 3.63) is 144 Å². The van der Waals surface area contributed by atoms with Crippen LogP contribution < -0.4 is 4.74 Å². The van der Waals surface area contributed by atoms with Crippen LogP contribution in [0.4, 0.5) is 0 Å². The summed E-state index contributed by atoms with van der Waals surface area (Å²) in [7, 11) is 0. The van der Waals surface area contributed by atoms with Crippen LogP contribution in [-0.2, 0) is 9.53 Å². The van der Waals surface area contributed by atoms with Crippen molar-refractivity contribution in [2.75, 3.05) is 13.2 Å². The van der Waals surface area contributed by atoms with Gasteiger partial charge in [0.25, 0.3) is 0 Å². The lowest BCUT2D eigenvalue weighted by Gasteiger charge is -2.08. The predicted octanol–water partition coefficient (Wildman–Crippen LogP) is 11.1. The number of thiophene rings is 1. The minimum Gasteiger partial charge on any atom is -0.508 e. The number of hydrogen-bond donors (Lipinski definition) is 4. The first-order chi connectivity index (χ1) is 28.3. The first-order valence-electron chi connectivity index (χ1n) is 18.7. The van der Waals surface area contributed by atoms with E-state index in [4.69, 9.17) is 19.4 Å². The topological polar surface area (TPSA) is 138 Å². The van der Waals surface area contributed by atoms with Gasteiger partial charge in [-0.3, -0.25) is 0 Å². The number of nitrogens with zero attached hydrogens (tertiary/aromatic N) is 2. The van der Waals surface area contributed by atoms with E-state index in [1.54, 1.807) is 66.8 Å². The van der Waals surface area contributed by atoms with Crippen molar-refractivity contribution in [2.24, 2.45) is 0 Å². The van der Waals surface area contributed by atoms with Crippen molar-refractivity contribution in [1.82, 2.24) is 15.0 Å². The van der Waals surface area contributed by atoms with E-state index in [1.807, 2.05) is 85.0 Å². The molecule has 10 heteroatoms. The number of ether oxygens (including phenoxy) is 2. The summed E-state index contributed by atoms with van der Waals surface area (Å²) in [5.74, 6) is 0.468. The van der Waals surface area contributed by atoms with Crippen LogP contribution in [0.1, 0.15) is 29.7 Å². The second-order valence-corrected chi connectivity index (χ2v) is 14.7. The number of carbonyl (C=O) groups is 1. The van der Waals surface area contributed by atoms with Gasteiger partial charge in [-0.1, -0.05) is 48.5 Å². The highest BCUT2D eigenvalue weighted by molar-refractivity contribution is 7.24. The smallest absolute Gasteiger partial charge is 0.344 e. The summed E-state index contributed by atoms with van der Waals surface area (Å²) in [4.78, 5) is 26.2. The van der Waals surface area contributed by atoms with Crippen LogP contribution in [-0.4, -0.2) is 49.5 Å². The van der Waals surface area contributed by atoms with E-state index in [9.17, 15) is 20.1 Å². The van der Waals surface area contributed by atoms with Gasteiger partial charge in [0, 0.05) is 42.7 Å².